The van der Waals surface area contributed by atoms with Crippen molar-refractivity contribution in [2.24, 2.45) is 5.92 Å². The molecule has 0 unspecified atom stereocenters. The van der Waals surface area contributed by atoms with Crippen LogP contribution in [-0.2, 0) is 4.79 Å². The van der Waals surface area contributed by atoms with Crippen molar-refractivity contribution >= 4 is 16.9 Å². The minimum atomic E-state index is -0.948. The zero-order valence-corrected chi connectivity index (χ0v) is 12.5. The Labute approximate surface area is 122 Å². The first-order valence-corrected chi connectivity index (χ1v) is 6.93. The van der Waals surface area contributed by atoms with Crippen molar-refractivity contribution in [2.75, 3.05) is 0 Å². The van der Waals surface area contributed by atoms with Crippen LogP contribution in [0, 0.1) is 17.6 Å². The van der Waals surface area contributed by atoms with Gasteiger partial charge in [-0.25, -0.2) is 13.8 Å². The molecular formula is C15H19F2N3O. The van der Waals surface area contributed by atoms with Gasteiger partial charge in [-0.1, -0.05) is 13.8 Å². The molecule has 0 fully saturated rings. The molecule has 4 nitrogen and oxygen atoms in total. The van der Waals surface area contributed by atoms with Gasteiger partial charge in [0.15, 0.2) is 11.6 Å². The number of nitrogens with zero attached hydrogens (tertiary/aromatic N) is 2. The highest BCUT2D eigenvalue weighted by atomic mass is 19.2. The summed E-state index contributed by atoms with van der Waals surface area (Å²) < 4.78 is 28.3. The van der Waals surface area contributed by atoms with Crippen molar-refractivity contribution in [2.45, 2.75) is 39.8 Å². The Bertz CT molecular complexity index is 664. The zero-order valence-electron chi connectivity index (χ0n) is 12.5. The third-order valence-electron chi connectivity index (χ3n) is 3.25. The van der Waals surface area contributed by atoms with Crippen molar-refractivity contribution in [3.63, 3.8) is 0 Å². The monoisotopic (exact) mass is 295 g/mol. The molecule has 0 aliphatic carbocycles. The van der Waals surface area contributed by atoms with Crippen LogP contribution in [0.2, 0.25) is 0 Å². The number of benzene rings is 1. The summed E-state index contributed by atoms with van der Waals surface area (Å²) >= 11 is 0. The van der Waals surface area contributed by atoms with Gasteiger partial charge in [0.1, 0.15) is 6.04 Å². The number of hydrogen-bond acceptors (Lipinski definition) is 2. The molecule has 2 rings (SSSR count). The van der Waals surface area contributed by atoms with Crippen LogP contribution in [0.1, 0.15) is 33.7 Å². The van der Waals surface area contributed by atoms with Crippen LogP contribution in [0.4, 0.5) is 8.78 Å². The van der Waals surface area contributed by atoms with Crippen LogP contribution in [0.3, 0.4) is 0 Å². The van der Waals surface area contributed by atoms with Gasteiger partial charge in [0.2, 0.25) is 5.91 Å². The average molecular weight is 295 g/mol. The van der Waals surface area contributed by atoms with Crippen LogP contribution < -0.4 is 5.32 Å². The first kappa shape index (κ1) is 15.4. The molecular weight excluding hydrogens is 276 g/mol. The summed E-state index contributed by atoms with van der Waals surface area (Å²) in [4.78, 5) is 16.4. The van der Waals surface area contributed by atoms with Gasteiger partial charge in [-0.15, -0.1) is 0 Å². The first-order chi connectivity index (χ1) is 9.81. The Morgan fingerprint density at radius 1 is 1.19 bits per heavy atom. The number of rotatable bonds is 4. The van der Waals surface area contributed by atoms with Gasteiger partial charge in [0.05, 0.1) is 17.4 Å². The van der Waals surface area contributed by atoms with Gasteiger partial charge < -0.3 is 9.88 Å². The lowest BCUT2D eigenvalue weighted by Crippen LogP contribution is -2.38. The fourth-order valence-corrected chi connectivity index (χ4v) is 2.36. The summed E-state index contributed by atoms with van der Waals surface area (Å²) in [6, 6.07) is 1.60. The molecule has 1 N–H and O–H groups in total. The van der Waals surface area contributed by atoms with Gasteiger partial charge in [0, 0.05) is 18.2 Å². The van der Waals surface area contributed by atoms with Gasteiger partial charge in [-0.2, -0.15) is 0 Å². The predicted molar refractivity (Wildman–Crippen MR) is 76.8 cm³/mol. The number of nitrogens with one attached hydrogen (secondary N) is 1. The van der Waals surface area contributed by atoms with Crippen LogP contribution in [0.5, 0.6) is 0 Å². The molecule has 0 radical (unpaired) electrons. The summed E-state index contributed by atoms with van der Waals surface area (Å²) in [5, 5.41) is 2.85. The molecule has 1 amide bonds. The quantitative estimate of drug-likeness (QED) is 0.942. The molecule has 1 aromatic carbocycles. The molecule has 0 aliphatic heterocycles. The van der Waals surface area contributed by atoms with E-state index in [9.17, 15) is 13.6 Å². The van der Waals surface area contributed by atoms with E-state index < -0.39 is 17.7 Å². The highest BCUT2D eigenvalue weighted by Crippen LogP contribution is 2.25. The molecule has 1 heterocycles. The van der Waals surface area contributed by atoms with Crippen molar-refractivity contribution in [1.29, 1.82) is 0 Å². The van der Waals surface area contributed by atoms with E-state index in [-0.39, 0.29) is 17.9 Å². The zero-order chi connectivity index (χ0) is 15.7. The third kappa shape index (κ3) is 3.04. The van der Waals surface area contributed by atoms with Crippen LogP contribution in [0.15, 0.2) is 18.5 Å². The number of fused-ring (bicyclic) bond motifs is 1. The highest BCUT2D eigenvalue weighted by molar-refractivity contribution is 5.84. The Morgan fingerprint density at radius 3 is 2.38 bits per heavy atom. The van der Waals surface area contributed by atoms with Crippen LogP contribution in [0.25, 0.3) is 11.0 Å². The van der Waals surface area contributed by atoms with E-state index in [1.165, 1.54) is 6.33 Å². The van der Waals surface area contributed by atoms with Crippen molar-refractivity contribution in [3.8, 4) is 0 Å². The van der Waals surface area contributed by atoms with E-state index in [0.717, 1.165) is 12.1 Å². The molecule has 1 aromatic heterocycles. The van der Waals surface area contributed by atoms with Gasteiger partial charge in [-0.3, -0.25) is 4.79 Å². The lowest BCUT2D eigenvalue weighted by atomic mass is 10.0. The van der Waals surface area contributed by atoms with Gasteiger partial charge in [-0.05, 0) is 19.8 Å². The Balaban J connectivity index is 2.50. The average Bonchev–Trinajstić information content (AvgIpc) is 2.72. The molecule has 0 bridgehead atoms. The normalized spacial score (nSPS) is 13.1. The third-order valence-corrected chi connectivity index (χ3v) is 3.25. The van der Waals surface area contributed by atoms with E-state index >= 15 is 0 Å². The molecule has 0 saturated heterocycles. The van der Waals surface area contributed by atoms with E-state index in [2.05, 4.69) is 10.3 Å². The van der Waals surface area contributed by atoms with E-state index in [1.807, 2.05) is 27.7 Å². The Hall–Kier alpha value is -1.98. The van der Waals surface area contributed by atoms with Crippen molar-refractivity contribution in [1.82, 2.24) is 14.9 Å². The predicted octanol–water partition coefficient (Wildman–Crippen LogP) is 3.04. The van der Waals surface area contributed by atoms with Crippen molar-refractivity contribution < 1.29 is 13.6 Å². The van der Waals surface area contributed by atoms with E-state index in [4.69, 9.17) is 0 Å². The Morgan fingerprint density at radius 2 is 1.81 bits per heavy atom. The van der Waals surface area contributed by atoms with Crippen LogP contribution in [-0.4, -0.2) is 21.5 Å². The van der Waals surface area contributed by atoms with Crippen LogP contribution >= 0.6 is 0 Å². The number of carbonyl (C=O) groups is 1. The second-order valence-corrected chi connectivity index (χ2v) is 5.76. The Kier molecular flexibility index (Phi) is 4.25. The summed E-state index contributed by atoms with van der Waals surface area (Å²) in [5.41, 5.74) is 0.739. The smallest absolute Gasteiger partial charge is 0.243 e. The molecule has 21 heavy (non-hydrogen) atoms. The maximum absolute atomic E-state index is 13.5. The SMILES string of the molecule is CC(C)NC(=O)[C@H](C(C)C)n1cnc2cc(F)c(F)cc21. The molecule has 1 atom stereocenters. The highest BCUT2D eigenvalue weighted by Gasteiger charge is 2.26. The number of halogens is 2. The maximum Gasteiger partial charge on any atom is 0.243 e. The lowest BCUT2D eigenvalue weighted by molar-refractivity contribution is -0.125. The minimum Gasteiger partial charge on any atom is -0.352 e. The number of aromatic nitrogens is 2. The number of carbonyl (C=O) groups excluding carboxylic acids is 1. The maximum atomic E-state index is 13.5. The first-order valence-electron chi connectivity index (χ1n) is 6.93. The largest absolute Gasteiger partial charge is 0.352 e. The second kappa shape index (κ2) is 5.79. The molecule has 114 valence electrons. The number of amides is 1. The van der Waals surface area contributed by atoms with E-state index in [0.29, 0.717) is 11.0 Å². The molecule has 0 aliphatic rings. The fraction of sp³-hybridized carbons (Fsp3) is 0.467. The lowest BCUT2D eigenvalue weighted by Gasteiger charge is -2.23. The van der Waals surface area contributed by atoms with E-state index in [1.54, 1.807) is 4.57 Å². The summed E-state index contributed by atoms with van der Waals surface area (Å²) in [6.07, 6.45) is 1.45. The molecule has 6 heteroatoms. The second-order valence-electron chi connectivity index (χ2n) is 5.76. The molecule has 2 aromatic rings. The fourth-order valence-electron chi connectivity index (χ4n) is 2.36. The number of hydrogen-bond donors (Lipinski definition) is 1. The van der Waals surface area contributed by atoms with Crippen molar-refractivity contribution in [3.05, 3.63) is 30.1 Å². The number of imidazole rings is 1. The summed E-state index contributed by atoms with van der Waals surface area (Å²) in [6.45, 7) is 7.54. The van der Waals surface area contributed by atoms with Gasteiger partial charge >= 0.3 is 0 Å². The summed E-state index contributed by atoms with van der Waals surface area (Å²) in [7, 11) is 0. The summed E-state index contributed by atoms with van der Waals surface area (Å²) in [5.74, 6) is -2.07. The van der Waals surface area contributed by atoms with Gasteiger partial charge in [0.25, 0.3) is 0 Å². The topological polar surface area (TPSA) is 46.9 Å². The molecule has 0 spiro atoms. The minimum absolute atomic E-state index is 0.00251. The molecule has 0 saturated carbocycles. The standard InChI is InChI=1S/C15H19F2N3O/c1-8(2)14(15(21)19-9(3)4)20-7-18-12-5-10(16)11(17)6-13(12)20/h5-9,14H,1-4H3,(H,19,21)/t14-/m0/s1.